The van der Waals surface area contributed by atoms with Crippen LogP contribution in [0.5, 0.6) is 0 Å². The van der Waals surface area contributed by atoms with Crippen LogP contribution in [0.4, 0.5) is 0 Å². The molecule has 0 atom stereocenters. The van der Waals surface area contributed by atoms with Gasteiger partial charge in [0.15, 0.2) is 5.78 Å². The van der Waals surface area contributed by atoms with Gasteiger partial charge in [-0.15, -0.1) is 0 Å². The van der Waals surface area contributed by atoms with Gasteiger partial charge >= 0.3 is 5.97 Å². The molecule has 0 amide bonds. The summed E-state index contributed by atoms with van der Waals surface area (Å²) in [6.45, 7) is 3.43. The number of furan rings is 1. The molecule has 6 heteroatoms. The predicted molar refractivity (Wildman–Crippen MR) is 67.9 cm³/mol. The molecule has 0 saturated carbocycles. The molecule has 0 aliphatic rings. The summed E-state index contributed by atoms with van der Waals surface area (Å²) in [5.74, 6) is 0.750. The molecule has 0 bridgehead atoms. The first-order chi connectivity index (χ1) is 8.60. The fraction of sp³-hybridized carbons (Fsp3) is 0.500. The average Bonchev–Trinajstić information content (AvgIpc) is 2.74. The second-order valence-electron chi connectivity index (χ2n) is 3.50. The van der Waals surface area contributed by atoms with Crippen molar-refractivity contribution in [3.05, 3.63) is 23.2 Å². The predicted octanol–water partition coefficient (Wildman–Crippen LogP) is 1.88. The SMILES string of the molecule is CCOC(=O)c1cc(C(C)=O)c(CSCCO)o1. The van der Waals surface area contributed by atoms with E-state index in [0.29, 0.717) is 22.8 Å². The van der Waals surface area contributed by atoms with Gasteiger partial charge in [0, 0.05) is 11.8 Å². The van der Waals surface area contributed by atoms with Crippen molar-refractivity contribution in [2.75, 3.05) is 19.0 Å². The molecular formula is C12H16O5S. The number of carbonyl (C=O) groups excluding carboxylic acids is 2. The van der Waals surface area contributed by atoms with E-state index < -0.39 is 5.97 Å². The normalized spacial score (nSPS) is 10.4. The van der Waals surface area contributed by atoms with Gasteiger partial charge in [0.05, 0.1) is 24.5 Å². The molecule has 100 valence electrons. The van der Waals surface area contributed by atoms with Crippen LogP contribution in [0.15, 0.2) is 10.5 Å². The Morgan fingerprint density at radius 2 is 2.22 bits per heavy atom. The summed E-state index contributed by atoms with van der Waals surface area (Å²) in [6, 6.07) is 1.41. The van der Waals surface area contributed by atoms with Crippen LogP contribution in [-0.2, 0) is 10.5 Å². The summed E-state index contributed by atoms with van der Waals surface area (Å²) >= 11 is 1.43. The van der Waals surface area contributed by atoms with Crippen LogP contribution in [0.25, 0.3) is 0 Å². The Balaban J connectivity index is 2.86. The number of aliphatic hydroxyl groups is 1. The van der Waals surface area contributed by atoms with Gasteiger partial charge in [0.1, 0.15) is 5.76 Å². The number of hydrogen-bond acceptors (Lipinski definition) is 6. The zero-order chi connectivity index (χ0) is 13.5. The van der Waals surface area contributed by atoms with Crippen LogP contribution in [0.3, 0.4) is 0 Å². The van der Waals surface area contributed by atoms with Gasteiger partial charge in [-0.1, -0.05) is 0 Å². The monoisotopic (exact) mass is 272 g/mol. The quantitative estimate of drug-likeness (QED) is 0.464. The van der Waals surface area contributed by atoms with Gasteiger partial charge in [-0.25, -0.2) is 4.79 Å². The van der Waals surface area contributed by atoms with Gasteiger partial charge in [-0.05, 0) is 13.8 Å². The third-order valence-corrected chi connectivity index (χ3v) is 3.07. The van der Waals surface area contributed by atoms with Crippen molar-refractivity contribution in [1.82, 2.24) is 0 Å². The number of aliphatic hydroxyl groups excluding tert-OH is 1. The Kier molecular flexibility index (Phi) is 5.94. The number of rotatable bonds is 7. The van der Waals surface area contributed by atoms with E-state index in [-0.39, 0.29) is 24.8 Å². The smallest absolute Gasteiger partial charge is 0.374 e. The van der Waals surface area contributed by atoms with Crippen LogP contribution in [0, 0.1) is 0 Å². The average molecular weight is 272 g/mol. The Labute approximate surface area is 109 Å². The molecule has 1 rings (SSSR count). The lowest BCUT2D eigenvalue weighted by molar-refractivity contribution is 0.0488. The third kappa shape index (κ3) is 3.89. The molecular weight excluding hydrogens is 256 g/mol. The summed E-state index contributed by atoms with van der Waals surface area (Å²) < 4.78 is 10.2. The van der Waals surface area contributed by atoms with Crippen LogP contribution >= 0.6 is 11.8 Å². The number of carbonyl (C=O) groups is 2. The molecule has 1 heterocycles. The Morgan fingerprint density at radius 1 is 1.50 bits per heavy atom. The standard InChI is InChI=1S/C12H16O5S/c1-3-16-12(15)10-6-9(8(2)14)11(17-10)7-18-5-4-13/h6,13H,3-5,7H2,1-2H3. The maximum atomic E-state index is 11.5. The molecule has 0 aliphatic heterocycles. The molecule has 0 saturated heterocycles. The molecule has 0 radical (unpaired) electrons. The summed E-state index contributed by atoms with van der Waals surface area (Å²) in [6.07, 6.45) is 0. The minimum absolute atomic E-state index is 0.0432. The molecule has 0 unspecified atom stereocenters. The molecule has 1 aromatic rings. The van der Waals surface area contributed by atoms with Gasteiger partial charge < -0.3 is 14.3 Å². The van der Waals surface area contributed by atoms with Gasteiger partial charge in [-0.3, -0.25) is 4.79 Å². The summed E-state index contributed by atoms with van der Waals surface area (Å²) in [4.78, 5) is 22.9. The number of Topliss-reactive ketones (excluding diaryl/α,β-unsaturated/α-hetero) is 1. The van der Waals surface area contributed by atoms with E-state index in [1.807, 2.05) is 0 Å². The van der Waals surface area contributed by atoms with Gasteiger partial charge in [0.2, 0.25) is 5.76 Å². The van der Waals surface area contributed by atoms with Crippen LogP contribution < -0.4 is 0 Å². The van der Waals surface area contributed by atoms with E-state index in [9.17, 15) is 9.59 Å². The van der Waals surface area contributed by atoms with Crippen molar-refractivity contribution < 1.29 is 23.8 Å². The Hall–Kier alpha value is -1.27. The highest BCUT2D eigenvalue weighted by atomic mass is 32.2. The first-order valence-corrected chi connectivity index (χ1v) is 6.75. The van der Waals surface area contributed by atoms with E-state index >= 15 is 0 Å². The fourth-order valence-electron chi connectivity index (χ4n) is 1.37. The molecule has 0 aliphatic carbocycles. The molecule has 5 nitrogen and oxygen atoms in total. The zero-order valence-corrected chi connectivity index (χ0v) is 11.2. The Morgan fingerprint density at radius 3 is 2.78 bits per heavy atom. The minimum Gasteiger partial charge on any atom is -0.460 e. The Bertz CT molecular complexity index is 424. The number of ketones is 1. The highest BCUT2D eigenvalue weighted by molar-refractivity contribution is 7.98. The third-order valence-electron chi connectivity index (χ3n) is 2.13. The maximum Gasteiger partial charge on any atom is 0.374 e. The second-order valence-corrected chi connectivity index (χ2v) is 4.61. The highest BCUT2D eigenvalue weighted by Crippen LogP contribution is 2.22. The second kappa shape index (κ2) is 7.23. The van der Waals surface area contributed by atoms with Crippen molar-refractivity contribution in [3.8, 4) is 0 Å². The summed E-state index contributed by atoms with van der Waals surface area (Å²) in [5, 5.41) is 8.69. The van der Waals surface area contributed by atoms with Gasteiger partial charge in [0.25, 0.3) is 0 Å². The maximum absolute atomic E-state index is 11.5. The molecule has 18 heavy (non-hydrogen) atoms. The number of esters is 1. The van der Waals surface area contributed by atoms with Crippen molar-refractivity contribution >= 4 is 23.5 Å². The van der Waals surface area contributed by atoms with Crippen molar-refractivity contribution in [3.63, 3.8) is 0 Å². The molecule has 0 fully saturated rings. The van der Waals surface area contributed by atoms with Gasteiger partial charge in [-0.2, -0.15) is 11.8 Å². The largest absolute Gasteiger partial charge is 0.460 e. The zero-order valence-electron chi connectivity index (χ0n) is 10.4. The van der Waals surface area contributed by atoms with Crippen LogP contribution in [0.1, 0.15) is 40.5 Å². The van der Waals surface area contributed by atoms with E-state index in [1.165, 1.54) is 24.8 Å². The van der Waals surface area contributed by atoms with Crippen LogP contribution in [0.2, 0.25) is 0 Å². The summed E-state index contributed by atoms with van der Waals surface area (Å²) in [7, 11) is 0. The molecule has 0 spiro atoms. The van der Waals surface area contributed by atoms with E-state index in [4.69, 9.17) is 14.3 Å². The van der Waals surface area contributed by atoms with Crippen LogP contribution in [-0.4, -0.2) is 35.8 Å². The van der Waals surface area contributed by atoms with E-state index in [2.05, 4.69) is 0 Å². The fourth-order valence-corrected chi connectivity index (χ4v) is 2.04. The number of ether oxygens (including phenoxy) is 1. The number of hydrogen-bond donors (Lipinski definition) is 1. The summed E-state index contributed by atoms with van der Waals surface area (Å²) in [5.41, 5.74) is 0.392. The topological polar surface area (TPSA) is 76.7 Å². The van der Waals surface area contributed by atoms with Crippen molar-refractivity contribution in [1.29, 1.82) is 0 Å². The minimum atomic E-state index is -0.571. The lowest BCUT2D eigenvalue weighted by Gasteiger charge is -1.99. The molecule has 1 aromatic heterocycles. The molecule has 1 N–H and O–H groups in total. The lowest BCUT2D eigenvalue weighted by Crippen LogP contribution is -2.02. The van der Waals surface area contributed by atoms with E-state index in [1.54, 1.807) is 6.92 Å². The highest BCUT2D eigenvalue weighted by Gasteiger charge is 2.19. The molecule has 0 aromatic carbocycles. The first-order valence-electron chi connectivity index (χ1n) is 5.59. The first kappa shape index (κ1) is 14.8. The van der Waals surface area contributed by atoms with Crippen molar-refractivity contribution in [2.24, 2.45) is 0 Å². The van der Waals surface area contributed by atoms with Crippen molar-refractivity contribution in [2.45, 2.75) is 19.6 Å². The lowest BCUT2D eigenvalue weighted by atomic mass is 10.2. The number of thioether (sulfide) groups is 1. The van der Waals surface area contributed by atoms with E-state index in [0.717, 1.165) is 0 Å².